The molecule has 1 rings (SSSR count). The molecule has 1 heterocycles. The molecule has 0 radical (unpaired) electrons. The number of rotatable bonds is 10. The Kier molecular flexibility index (Phi) is 9.61. The van der Waals surface area contributed by atoms with Crippen LogP contribution in [0.4, 0.5) is 4.79 Å². The molecule has 0 bridgehead atoms. The average Bonchev–Trinajstić information content (AvgIpc) is 2.74. The molecule has 2 atom stereocenters. The monoisotopic (exact) mass is 379 g/mol. The van der Waals surface area contributed by atoms with Crippen molar-refractivity contribution < 1.29 is 9.59 Å². The van der Waals surface area contributed by atoms with Gasteiger partial charge in [0.1, 0.15) is 6.17 Å². The van der Waals surface area contributed by atoms with Gasteiger partial charge in [-0.15, -0.1) is 0 Å². The van der Waals surface area contributed by atoms with Crippen molar-refractivity contribution in [3.05, 3.63) is 0 Å². The van der Waals surface area contributed by atoms with E-state index in [4.69, 9.17) is 0 Å². The van der Waals surface area contributed by atoms with E-state index >= 15 is 0 Å². The predicted octanol–water partition coefficient (Wildman–Crippen LogP) is 2.25. The quantitative estimate of drug-likeness (QED) is 0.510. The number of carbonyl (C=O) groups excluding carboxylic acids is 2. The third-order valence-corrected chi connectivity index (χ3v) is 5.08. The molecule has 3 amide bonds. The molecule has 0 aromatic heterocycles. The van der Waals surface area contributed by atoms with Gasteiger partial charge in [-0.3, -0.25) is 4.79 Å². The normalized spacial score (nSPS) is 21.2. The lowest BCUT2D eigenvalue weighted by atomic mass is 10.2. The predicted molar refractivity (Wildman–Crippen MR) is 105 cm³/mol. The number of hydrogen-bond donors (Lipinski definition) is 3. The van der Waals surface area contributed by atoms with Crippen LogP contribution in [0.25, 0.3) is 0 Å². The van der Waals surface area contributed by atoms with Gasteiger partial charge in [-0.1, -0.05) is 0 Å². The molecule has 0 aromatic rings. The topological polar surface area (TPSA) is 43.9 Å². The molecule has 0 saturated carbocycles. The molecule has 5 nitrogen and oxygen atoms in total. The fourth-order valence-corrected chi connectivity index (χ4v) is 3.45. The molecule has 0 N–H and O–H groups in total. The largest absolute Gasteiger partial charge is 0.322 e. The number of amides is 3. The lowest BCUT2D eigenvalue weighted by Crippen LogP contribution is -2.52. The third-order valence-electron chi connectivity index (χ3n) is 4.13. The van der Waals surface area contributed by atoms with E-state index in [1.807, 2.05) is 21.6 Å². The van der Waals surface area contributed by atoms with Gasteiger partial charge in [-0.2, -0.15) is 37.9 Å². The van der Waals surface area contributed by atoms with E-state index in [1.54, 1.807) is 6.92 Å². The van der Waals surface area contributed by atoms with Crippen molar-refractivity contribution in [1.82, 2.24) is 14.7 Å². The van der Waals surface area contributed by atoms with Crippen LogP contribution >= 0.6 is 37.9 Å². The van der Waals surface area contributed by atoms with Gasteiger partial charge in [0.05, 0.1) is 6.04 Å². The van der Waals surface area contributed by atoms with E-state index < -0.39 is 0 Å². The molecule has 1 saturated heterocycles. The number of thiol groups is 3. The van der Waals surface area contributed by atoms with Gasteiger partial charge in [0.25, 0.3) is 0 Å². The lowest BCUT2D eigenvalue weighted by molar-refractivity contribution is -0.134. The molecule has 134 valence electrons. The molecule has 2 unspecified atom stereocenters. The maximum atomic E-state index is 12.8. The van der Waals surface area contributed by atoms with E-state index in [0.29, 0.717) is 19.6 Å². The van der Waals surface area contributed by atoms with E-state index in [1.165, 1.54) is 0 Å². The number of nitrogens with zero attached hydrogens (tertiary/aromatic N) is 3. The van der Waals surface area contributed by atoms with Crippen molar-refractivity contribution in [3.63, 3.8) is 0 Å². The van der Waals surface area contributed by atoms with Crippen LogP contribution in [0.2, 0.25) is 0 Å². The highest BCUT2D eigenvalue weighted by molar-refractivity contribution is 7.80. The zero-order valence-electron chi connectivity index (χ0n) is 14.0. The minimum absolute atomic E-state index is 0.00310. The summed E-state index contributed by atoms with van der Waals surface area (Å²) in [5, 5.41) is 0. The van der Waals surface area contributed by atoms with E-state index in [0.717, 1.165) is 36.5 Å². The molecule has 8 heteroatoms. The highest BCUT2D eigenvalue weighted by Gasteiger charge is 2.46. The van der Waals surface area contributed by atoms with Gasteiger partial charge in [-0.05, 0) is 43.4 Å². The molecule has 1 aliphatic rings. The summed E-state index contributed by atoms with van der Waals surface area (Å²) in [7, 11) is 0. The number of carbonyl (C=O) groups is 2. The summed E-state index contributed by atoms with van der Waals surface area (Å²) in [5.74, 6) is 2.19. The van der Waals surface area contributed by atoms with Crippen molar-refractivity contribution >= 4 is 49.8 Å². The minimum atomic E-state index is -0.209. The van der Waals surface area contributed by atoms with Crippen LogP contribution in [0.5, 0.6) is 0 Å². The summed E-state index contributed by atoms with van der Waals surface area (Å²) in [4.78, 5) is 30.5. The number of urea groups is 1. The lowest BCUT2D eigenvalue weighted by Gasteiger charge is -2.36. The van der Waals surface area contributed by atoms with Crippen LogP contribution < -0.4 is 0 Å². The van der Waals surface area contributed by atoms with E-state index in [-0.39, 0.29) is 24.1 Å². The summed E-state index contributed by atoms with van der Waals surface area (Å²) >= 11 is 12.7. The van der Waals surface area contributed by atoms with Crippen molar-refractivity contribution in [2.45, 2.75) is 45.3 Å². The zero-order chi connectivity index (χ0) is 17.4. The van der Waals surface area contributed by atoms with Crippen LogP contribution in [-0.4, -0.2) is 75.7 Å². The van der Waals surface area contributed by atoms with Crippen LogP contribution in [-0.2, 0) is 4.79 Å². The maximum absolute atomic E-state index is 12.8. The van der Waals surface area contributed by atoms with Gasteiger partial charge in [0.15, 0.2) is 0 Å². The SMILES string of the molecule is CC(=O)N(CCCS)C1C(C)N(CCCS)C(=O)N1CCCS. The van der Waals surface area contributed by atoms with Crippen LogP contribution in [0.3, 0.4) is 0 Å². The fourth-order valence-electron chi connectivity index (χ4n) is 3.03. The summed E-state index contributed by atoms with van der Waals surface area (Å²) in [6.45, 7) is 5.52. The van der Waals surface area contributed by atoms with Gasteiger partial charge >= 0.3 is 6.03 Å². The smallest absolute Gasteiger partial charge is 0.320 e. The van der Waals surface area contributed by atoms with E-state index in [2.05, 4.69) is 37.9 Å². The van der Waals surface area contributed by atoms with Gasteiger partial charge in [-0.25, -0.2) is 4.79 Å². The van der Waals surface area contributed by atoms with Crippen LogP contribution in [0, 0.1) is 0 Å². The minimum Gasteiger partial charge on any atom is -0.320 e. The first kappa shape index (κ1) is 20.8. The Balaban J connectivity index is 3.00. The van der Waals surface area contributed by atoms with E-state index in [9.17, 15) is 9.59 Å². The Labute approximate surface area is 156 Å². The Morgan fingerprint density at radius 2 is 1.57 bits per heavy atom. The average molecular weight is 380 g/mol. The summed E-state index contributed by atoms with van der Waals surface area (Å²) < 4.78 is 0. The van der Waals surface area contributed by atoms with Crippen molar-refractivity contribution in [2.24, 2.45) is 0 Å². The molecule has 1 fully saturated rings. The second kappa shape index (κ2) is 10.6. The number of hydrogen-bond acceptors (Lipinski definition) is 5. The molecular weight excluding hydrogens is 350 g/mol. The molecular formula is C15H29N3O2S3. The zero-order valence-corrected chi connectivity index (χ0v) is 16.7. The third kappa shape index (κ3) is 5.39. The Morgan fingerprint density at radius 1 is 1.04 bits per heavy atom. The Hall–Kier alpha value is -0.210. The summed E-state index contributed by atoms with van der Waals surface area (Å²) in [6.07, 6.45) is 2.27. The second-order valence-corrected chi connectivity index (χ2v) is 7.11. The highest BCUT2D eigenvalue weighted by atomic mass is 32.1. The first-order valence-electron chi connectivity index (χ1n) is 8.16. The van der Waals surface area contributed by atoms with Gasteiger partial charge in [0, 0.05) is 26.6 Å². The van der Waals surface area contributed by atoms with Crippen LogP contribution in [0.15, 0.2) is 0 Å². The van der Waals surface area contributed by atoms with Crippen molar-refractivity contribution in [1.29, 1.82) is 0 Å². The highest BCUT2D eigenvalue weighted by Crippen LogP contribution is 2.27. The molecule has 23 heavy (non-hydrogen) atoms. The maximum Gasteiger partial charge on any atom is 0.322 e. The first-order valence-corrected chi connectivity index (χ1v) is 10.1. The molecule has 1 aliphatic heterocycles. The van der Waals surface area contributed by atoms with Crippen LogP contribution in [0.1, 0.15) is 33.1 Å². The summed E-state index contributed by atoms with van der Waals surface area (Å²) in [5.41, 5.74) is 0. The van der Waals surface area contributed by atoms with Gasteiger partial charge < -0.3 is 14.7 Å². The molecule has 0 aliphatic carbocycles. The Morgan fingerprint density at radius 3 is 2.04 bits per heavy atom. The standard InChI is InChI=1S/C15H29N3O2S3/c1-12-14(17(13(2)19)7-4-10-22)18(8-5-11-23)15(20)16(12)6-3-9-21/h12,14,21-23H,3-11H2,1-2H3. The van der Waals surface area contributed by atoms with Crippen molar-refractivity contribution in [3.8, 4) is 0 Å². The summed E-state index contributed by atoms with van der Waals surface area (Å²) in [6, 6.07) is -0.00527. The molecule has 0 aromatic carbocycles. The Bertz CT molecular complexity index is 398. The van der Waals surface area contributed by atoms with Gasteiger partial charge in [0.2, 0.25) is 5.91 Å². The second-order valence-electron chi connectivity index (χ2n) is 5.77. The molecule has 0 spiro atoms. The fraction of sp³-hybridized carbons (Fsp3) is 0.867. The first-order chi connectivity index (χ1) is 11.0. The van der Waals surface area contributed by atoms with Crippen molar-refractivity contribution in [2.75, 3.05) is 36.9 Å².